The molecule has 152 valence electrons. The van der Waals surface area contributed by atoms with Crippen LogP contribution in [0.15, 0.2) is 46.9 Å². The van der Waals surface area contributed by atoms with Gasteiger partial charge in [0, 0.05) is 26.8 Å². The first kappa shape index (κ1) is 20.2. The van der Waals surface area contributed by atoms with E-state index in [1.807, 2.05) is 0 Å². The van der Waals surface area contributed by atoms with Gasteiger partial charge in [0.15, 0.2) is 0 Å². The summed E-state index contributed by atoms with van der Waals surface area (Å²) < 4.78 is 0.687. The van der Waals surface area contributed by atoms with Gasteiger partial charge in [-0.1, -0.05) is 46.8 Å². The number of halogens is 2. The minimum absolute atomic E-state index is 0.0204. The van der Waals surface area contributed by atoms with E-state index in [9.17, 15) is 14.7 Å². The van der Waals surface area contributed by atoms with Crippen molar-refractivity contribution >= 4 is 50.8 Å². The number of amides is 3. The summed E-state index contributed by atoms with van der Waals surface area (Å²) in [5, 5.41) is 18.0. The Morgan fingerprint density at radius 1 is 1.17 bits per heavy atom. The predicted octanol–water partition coefficient (Wildman–Crippen LogP) is 4.75. The lowest BCUT2D eigenvalue weighted by Crippen LogP contribution is -2.63. The number of benzene rings is 2. The first-order chi connectivity index (χ1) is 13.9. The van der Waals surface area contributed by atoms with E-state index in [0.717, 1.165) is 37.0 Å². The van der Waals surface area contributed by atoms with E-state index in [1.165, 1.54) is 0 Å². The summed E-state index contributed by atoms with van der Waals surface area (Å²) in [7, 11) is 0. The summed E-state index contributed by atoms with van der Waals surface area (Å²) >= 11 is 9.38. The molecule has 0 saturated heterocycles. The van der Waals surface area contributed by atoms with Gasteiger partial charge < -0.3 is 15.7 Å². The number of nitrogens with zero attached hydrogens (tertiary/aromatic N) is 1. The van der Waals surface area contributed by atoms with Crippen LogP contribution in [-0.2, 0) is 10.5 Å². The number of fused-ring (bicyclic) bond motifs is 1. The summed E-state index contributed by atoms with van der Waals surface area (Å²) in [5.74, 6) is -0.617. The van der Waals surface area contributed by atoms with Crippen LogP contribution in [0.25, 0.3) is 0 Å². The Bertz CT molecular complexity index is 947. The third-order valence-electron chi connectivity index (χ3n) is 5.47. The molecule has 0 spiro atoms. The maximum absolute atomic E-state index is 13.4. The largest absolute Gasteiger partial charge is 0.359 e. The average molecular weight is 479 g/mol. The van der Waals surface area contributed by atoms with Gasteiger partial charge in [-0.15, -0.1) is 0 Å². The highest BCUT2D eigenvalue weighted by atomic mass is 79.9. The van der Waals surface area contributed by atoms with Crippen molar-refractivity contribution in [1.29, 1.82) is 0 Å². The lowest BCUT2D eigenvalue weighted by atomic mass is 9.92. The van der Waals surface area contributed by atoms with Crippen LogP contribution < -0.4 is 15.5 Å². The second-order valence-electron chi connectivity index (χ2n) is 7.41. The highest BCUT2D eigenvalue weighted by Gasteiger charge is 2.52. The Kier molecular flexibility index (Phi) is 5.55. The number of nitrogens with one attached hydrogen (secondary N) is 2. The van der Waals surface area contributed by atoms with Gasteiger partial charge in [-0.2, -0.15) is 0 Å². The van der Waals surface area contributed by atoms with Crippen LogP contribution in [0.3, 0.4) is 0 Å². The molecule has 1 aliphatic heterocycles. The van der Waals surface area contributed by atoms with Crippen molar-refractivity contribution < 1.29 is 14.7 Å². The van der Waals surface area contributed by atoms with Crippen molar-refractivity contribution in [3.63, 3.8) is 0 Å². The zero-order valence-corrected chi connectivity index (χ0v) is 18.0. The Balaban J connectivity index is 1.81. The van der Waals surface area contributed by atoms with Crippen LogP contribution in [-0.4, -0.2) is 23.1 Å². The summed E-state index contributed by atoms with van der Waals surface area (Å²) in [4.78, 5) is 27.5. The smallest absolute Gasteiger partial charge is 0.329 e. The molecule has 1 aliphatic carbocycles. The van der Waals surface area contributed by atoms with E-state index in [1.54, 1.807) is 42.5 Å². The summed E-state index contributed by atoms with van der Waals surface area (Å²) in [6.45, 7) is 0. The fraction of sp³-hybridized carbons (Fsp3) is 0.333. The van der Waals surface area contributed by atoms with Crippen molar-refractivity contribution in [3.05, 3.63) is 57.5 Å². The first-order valence-corrected chi connectivity index (χ1v) is 10.8. The average Bonchev–Trinajstić information content (AvgIpc) is 2.71. The monoisotopic (exact) mass is 477 g/mol. The van der Waals surface area contributed by atoms with Gasteiger partial charge in [0.25, 0.3) is 11.6 Å². The zero-order chi connectivity index (χ0) is 20.6. The molecule has 0 radical (unpaired) electrons. The number of hydrogen-bond acceptors (Lipinski definition) is 3. The SMILES string of the molecule is O=C1Nc2ccc(Br)cc2[C@@](O)(C(=O)NC2CCCCC2)N1c1ccc(Cl)cc1. The van der Waals surface area contributed by atoms with Gasteiger partial charge in [0.2, 0.25) is 0 Å². The van der Waals surface area contributed by atoms with E-state index in [-0.39, 0.29) is 6.04 Å². The van der Waals surface area contributed by atoms with Crippen molar-refractivity contribution in [2.45, 2.75) is 43.9 Å². The summed E-state index contributed by atoms with van der Waals surface area (Å²) in [6.07, 6.45) is 4.94. The van der Waals surface area contributed by atoms with E-state index in [4.69, 9.17) is 11.6 Å². The molecule has 0 unspecified atom stereocenters. The highest BCUT2D eigenvalue weighted by Crippen LogP contribution is 2.41. The lowest BCUT2D eigenvalue weighted by molar-refractivity contribution is -0.141. The molecule has 0 bridgehead atoms. The minimum Gasteiger partial charge on any atom is -0.359 e. The van der Waals surface area contributed by atoms with Crippen molar-refractivity contribution in [3.8, 4) is 0 Å². The molecule has 29 heavy (non-hydrogen) atoms. The van der Waals surface area contributed by atoms with Crippen molar-refractivity contribution in [2.75, 3.05) is 10.2 Å². The van der Waals surface area contributed by atoms with Gasteiger partial charge in [0.1, 0.15) is 0 Å². The Morgan fingerprint density at radius 2 is 1.86 bits per heavy atom. The molecule has 8 heteroatoms. The van der Waals surface area contributed by atoms with Crippen LogP contribution in [0.5, 0.6) is 0 Å². The molecular weight excluding hydrogens is 458 g/mol. The van der Waals surface area contributed by atoms with E-state index >= 15 is 0 Å². The van der Waals surface area contributed by atoms with E-state index < -0.39 is 17.7 Å². The Morgan fingerprint density at radius 3 is 2.55 bits per heavy atom. The number of carbonyl (C=O) groups is 2. The normalized spacial score (nSPS) is 22.0. The molecule has 6 nitrogen and oxygen atoms in total. The molecule has 1 saturated carbocycles. The minimum atomic E-state index is -2.20. The molecule has 1 fully saturated rings. The molecule has 4 rings (SSSR count). The maximum atomic E-state index is 13.4. The molecule has 1 heterocycles. The summed E-state index contributed by atoms with van der Waals surface area (Å²) in [5.41, 5.74) is -1.15. The van der Waals surface area contributed by atoms with Crippen molar-refractivity contribution in [1.82, 2.24) is 5.32 Å². The fourth-order valence-electron chi connectivity index (χ4n) is 4.00. The number of aliphatic hydroxyl groups is 1. The van der Waals surface area contributed by atoms with Crippen LogP contribution >= 0.6 is 27.5 Å². The standard InChI is InChI=1S/C21H21BrClN3O3/c22-13-6-11-18-17(12-13)21(29,19(27)24-15-4-2-1-3-5-15)26(20(28)25-18)16-9-7-14(23)8-10-16/h6-12,15,29H,1-5H2,(H,24,27)(H,25,28)/t21-/m1/s1. The quantitative estimate of drug-likeness (QED) is 0.595. The predicted molar refractivity (Wildman–Crippen MR) is 116 cm³/mol. The van der Waals surface area contributed by atoms with Crippen LogP contribution in [0.2, 0.25) is 5.02 Å². The van der Waals surface area contributed by atoms with Crippen LogP contribution in [0.1, 0.15) is 37.7 Å². The molecule has 3 N–H and O–H groups in total. The lowest BCUT2D eigenvalue weighted by Gasteiger charge is -2.43. The number of anilines is 2. The number of urea groups is 1. The molecule has 1 atom stereocenters. The number of rotatable bonds is 3. The number of hydrogen-bond donors (Lipinski definition) is 3. The summed E-state index contributed by atoms with van der Waals surface area (Å²) in [6, 6.07) is 10.9. The van der Waals surface area contributed by atoms with Crippen LogP contribution in [0, 0.1) is 0 Å². The highest BCUT2D eigenvalue weighted by molar-refractivity contribution is 9.10. The molecule has 2 aromatic rings. The third-order valence-corrected chi connectivity index (χ3v) is 6.21. The third kappa shape index (κ3) is 3.74. The van der Waals surface area contributed by atoms with Crippen molar-refractivity contribution in [2.24, 2.45) is 0 Å². The van der Waals surface area contributed by atoms with Crippen LogP contribution in [0.4, 0.5) is 16.2 Å². The topological polar surface area (TPSA) is 81.7 Å². The van der Waals surface area contributed by atoms with Gasteiger partial charge in [-0.05, 0) is 55.3 Å². The second-order valence-corrected chi connectivity index (χ2v) is 8.76. The molecule has 2 aromatic carbocycles. The first-order valence-electron chi connectivity index (χ1n) is 9.60. The maximum Gasteiger partial charge on any atom is 0.329 e. The van der Waals surface area contributed by atoms with Gasteiger partial charge >= 0.3 is 6.03 Å². The molecule has 3 amide bonds. The second kappa shape index (κ2) is 7.97. The van der Waals surface area contributed by atoms with Gasteiger partial charge in [-0.3, -0.25) is 9.69 Å². The number of carbonyl (C=O) groups excluding carboxylic acids is 2. The Labute approximate surface area is 182 Å². The molecule has 0 aromatic heterocycles. The zero-order valence-electron chi connectivity index (χ0n) is 15.6. The molecule has 2 aliphatic rings. The van der Waals surface area contributed by atoms with Gasteiger partial charge in [0.05, 0.1) is 5.69 Å². The van der Waals surface area contributed by atoms with Gasteiger partial charge in [-0.25, -0.2) is 4.79 Å². The van der Waals surface area contributed by atoms with E-state index in [2.05, 4.69) is 26.6 Å². The fourth-order valence-corrected chi connectivity index (χ4v) is 4.49. The van der Waals surface area contributed by atoms with E-state index in [0.29, 0.717) is 26.4 Å². The Hall–Kier alpha value is -2.09. The molecular formula is C21H21BrClN3O3.